The molecule has 0 aromatic heterocycles. The Morgan fingerprint density at radius 3 is 2.35 bits per heavy atom. The Hall–Kier alpha value is -3.51. The molecule has 1 saturated carbocycles. The number of hydrogen-bond acceptors (Lipinski definition) is 7. The van der Waals surface area contributed by atoms with Gasteiger partial charge in [-0.2, -0.15) is 0 Å². The first kappa shape index (κ1) is 32.4. The van der Waals surface area contributed by atoms with Crippen LogP contribution in [0, 0.1) is 11.8 Å². The predicted octanol–water partition coefficient (Wildman–Crippen LogP) is -0.0215. The van der Waals surface area contributed by atoms with Gasteiger partial charge in [0.15, 0.2) is 0 Å². The Morgan fingerprint density at radius 1 is 1.00 bits per heavy atom. The number of hydrogen-bond donors (Lipinski definition) is 4. The number of ether oxygens (including phenoxy) is 1. The third-order valence-corrected chi connectivity index (χ3v) is 8.42. The quantitative estimate of drug-likeness (QED) is 0.371. The monoisotopic (exact) mass is 599 g/mol. The fourth-order valence-corrected chi connectivity index (χ4v) is 5.58. The first-order valence-corrected chi connectivity index (χ1v) is 15.2. The zero-order valence-corrected chi connectivity index (χ0v) is 25.5. The van der Waals surface area contributed by atoms with Crippen molar-refractivity contribution >= 4 is 29.5 Å². The SMILES string of the molecule is CC(C)C[C@H]1NC(=O)CN(C(=O)C2CC2)C[C@H]2OCC[C@H](NC(=O)[C@H](Cc3ccccc3)NC(=O)[C@H](C)N(C)C1=O)[C@@H]2O. The number of nitrogens with zero attached hydrogens (tertiary/aromatic N) is 2. The van der Waals surface area contributed by atoms with Crippen molar-refractivity contribution in [2.24, 2.45) is 11.8 Å². The second-order valence-electron chi connectivity index (χ2n) is 12.4. The Bertz CT molecular complexity index is 1170. The van der Waals surface area contributed by atoms with Gasteiger partial charge in [0, 0.05) is 26.0 Å². The summed E-state index contributed by atoms with van der Waals surface area (Å²) in [5, 5.41) is 19.7. The van der Waals surface area contributed by atoms with Gasteiger partial charge in [-0.1, -0.05) is 44.2 Å². The first-order valence-electron chi connectivity index (χ1n) is 15.2. The molecule has 12 heteroatoms. The fourth-order valence-electron chi connectivity index (χ4n) is 5.58. The Balaban J connectivity index is 1.66. The zero-order valence-electron chi connectivity index (χ0n) is 25.5. The zero-order chi connectivity index (χ0) is 31.3. The Labute approximate surface area is 252 Å². The highest BCUT2D eigenvalue weighted by atomic mass is 16.5. The number of rotatable bonds is 5. The predicted molar refractivity (Wildman–Crippen MR) is 157 cm³/mol. The lowest BCUT2D eigenvalue weighted by Crippen LogP contribution is -2.60. The van der Waals surface area contributed by atoms with Gasteiger partial charge in [-0.3, -0.25) is 24.0 Å². The Kier molecular flexibility index (Phi) is 10.8. The van der Waals surface area contributed by atoms with Crippen molar-refractivity contribution in [2.75, 3.05) is 26.7 Å². The number of amides is 5. The molecular formula is C31H45N5O7. The molecule has 12 nitrogen and oxygen atoms in total. The molecule has 236 valence electrons. The second kappa shape index (κ2) is 14.3. The number of carbonyl (C=O) groups excluding carboxylic acids is 5. The number of aliphatic hydroxyl groups is 1. The van der Waals surface area contributed by atoms with Gasteiger partial charge in [0.25, 0.3) is 0 Å². The topological polar surface area (TPSA) is 157 Å². The summed E-state index contributed by atoms with van der Waals surface area (Å²) in [6, 6.07) is 5.69. The molecule has 4 rings (SSSR count). The molecule has 0 radical (unpaired) electrons. The van der Waals surface area contributed by atoms with E-state index in [2.05, 4.69) is 16.0 Å². The van der Waals surface area contributed by atoms with Crippen LogP contribution >= 0.6 is 0 Å². The molecule has 2 aliphatic heterocycles. The van der Waals surface area contributed by atoms with E-state index in [0.29, 0.717) is 12.8 Å². The van der Waals surface area contributed by atoms with Gasteiger partial charge in [-0.05, 0) is 44.1 Å². The normalized spacial score (nSPS) is 29.9. The van der Waals surface area contributed by atoms with E-state index in [1.54, 1.807) is 6.92 Å². The number of carbonyl (C=O) groups is 5. The molecule has 0 spiro atoms. The molecular weight excluding hydrogens is 554 g/mol. The van der Waals surface area contributed by atoms with Gasteiger partial charge in [0.1, 0.15) is 30.3 Å². The molecule has 6 atom stereocenters. The van der Waals surface area contributed by atoms with E-state index in [4.69, 9.17) is 4.74 Å². The summed E-state index contributed by atoms with van der Waals surface area (Å²) in [5.74, 6) is -2.31. The summed E-state index contributed by atoms with van der Waals surface area (Å²) in [4.78, 5) is 69.8. The molecule has 1 aliphatic carbocycles. The first-order chi connectivity index (χ1) is 20.4. The van der Waals surface area contributed by atoms with Crippen molar-refractivity contribution in [3.8, 4) is 0 Å². The van der Waals surface area contributed by atoms with Crippen molar-refractivity contribution in [1.29, 1.82) is 0 Å². The minimum atomic E-state index is -1.15. The van der Waals surface area contributed by atoms with Crippen molar-refractivity contribution in [3.05, 3.63) is 35.9 Å². The van der Waals surface area contributed by atoms with Crippen molar-refractivity contribution in [3.63, 3.8) is 0 Å². The lowest BCUT2D eigenvalue weighted by Gasteiger charge is -2.38. The van der Waals surface area contributed by atoms with E-state index < -0.39 is 60.0 Å². The molecule has 4 N–H and O–H groups in total. The second-order valence-corrected chi connectivity index (χ2v) is 12.4. The minimum Gasteiger partial charge on any atom is -0.388 e. The fraction of sp³-hybridized carbons (Fsp3) is 0.645. The smallest absolute Gasteiger partial charge is 0.245 e. The standard InChI is InChI=1S/C31H45N5O7/c1-18(2)14-24-31(42)35(4)19(3)28(39)34-23(15-20-8-6-5-7-9-20)29(40)33-22-12-13-43-25(27(22)38)16-36(17-26(37)32-24)30(41)21-10-11-21/h5-9,18-19,21-25,27,38H,10-17H2,1-4H3,(H,32,37)(H,33,40)(H,34,39)/t19-,22-,23-,24+,25+,27-/m0/s1. The molecule has 1 aromatic rings. The van der Waals surface area contributed by atoms with E-state index in [1.165, 1.54) is 16.8 Å². The third kappa shape index (κ3) is 8.54. The van der Waals surface area contributed by atoms with Crippen LogP contribution in [0.4, 0.5) is 0 Å². The van der Waals surface area contributed by atoms with Crippen molar-refractivity contribution < 1.29 is 33.8 Å². The molecule has 2 bridgehead atoms. The number of fused-ring (bicyclic) bond motifs is 2. The number of likely N-dealkylation sites (N-methyl/N-ethyl adjacent to an activating group) is 1. The van der Waals surface area contributed by atoms with Gasteiger partial charge in [-0.25, -0.2) is 0 Å². The number of nitrogens with one attached hydrogen (secondary N) is 3. The molecule has 3 aliphatic rings. The summed E-state index contributed by atoms with van der Waals surface area (Å²) in [5.41, 5.74) is 0.824. The van der Waals surface area contributed by atoms with Crippen LogP contribution in [0.25, 0.3) is 0 Å². The molecule has 1 aromatic carbocycles. The number of benzene rings is 1. The Morgan fingerprint density at radius 2 is 1.70 bits per heavy atom. The van der Waals surface area contributed by atoms with Crippen LogP contribution in [0.1, 0.15) is 52.0 Å². The summed E-state index contributed by atoms with van der Waals surface area (Å²) in [7, 11) is 1.49. The van der Waals surface area contributed by atoms with Gasteiger partial charge >= 0.3 is 0 Å². The molecule has 5 amide bonds. The minimum absolute atomic E-state index is 0.0415. The summed E-state index contributed by atoms with van der Waals surface area (Å²) in [6.45, 7) is 5.29. The molecule has 2 heterocycles. The highest BCUT2D eigenvalue weighted by Gasteiger charge is 2.41. The highest BCUT2D eigenvalue weighted by Crippen LogP contribution is 2.31. The highest BCUT2D eigenvalue weighted by molar-refractivity contribution is 5.95. The van der Waals surface area contributed by atoms with E-state index in [0.717, 1.165) is 18.4 Å². The summed E-state index contributed by atoms with van der Waals surface area (Å²) < 4.78 is 5.84. The largest absolute Gasteiger partial charge is 0.388 e. The molecule has 2 saturated heterocycles. The summed E-state index contributed by atoms with van der Waals surface area (Å²) >= 11 is 0. The van der Waals surface area contributed by atoms with Crippen molar-refractivity contribution in [2.45, 2.75) is 89.3 Å². The van der Waals surface area contributed by atoms with E-state index in [9.17, 15) is 29.1 Å². The van der Waals surface area contributed by atoms with Crippen LogP contribution in [-0.4, -0.2) is 108 Å². The van der Waals surface area contributed by atoms with Crippen LogP contribution in [0.3, 0.4) is 0 Å². The van der Waals surface area contributed by atoms with Gasteiger partial charge in [0.2, 0.25) is 29.5 Å². The van der Waals surface area contributed by atoms with Crippen LogP contribution in [0.15, 0.2) is 30.3 Å². The lowest BCUT2D eigenvalue weighted by atomic mass is 9.97. The van der Waals surface area contributed by atoms with E-state index >= 15 is 0 Å². The average Bonchev–Trinajstić information content (AvgIpc) is 3.82. The van der Waals surface area contributed by atoms with Gasteiger partial charge in [0.05, 0.1) is 19.1 Å². The molecule has 0 unspecified atom stereocenters. The average molecular weight is 600 g/mol. The van der Waals surface area contributed by atoms with Gasteiger partial charge in [-0.15, -0.1) is 0 Å². The molecule has 3 fully saturated rings. The maximum atomic E-state index is 13.6. The van der Waals surface area contributed by atoms with E-state index in [1.807, 2.05) is 44.2 Å². The van der Waals surface area contributed by atoms with Crippen molar-refractivity contribution in [1.82, 2.24) is 25.8 Å². The molecule has 43 heavy (non-hydrogen) atoms. The maximum Gasteiger partial charge on any atom is 0.245 e. The lowest BCUT2D eigenvalue weighted by molar-refractivity contribution is -0.146. The van der Waals surface area contributed by atoms with Crippen LogP contribution < -0.4 is 16.0 Å². The summed E-state index contributed by atoms with van der Waals surface area (Å²) in [6.07, 6.45) is 0.310. The third-order valence-electron chi connectivity index (χ3n) is 8.42. The van der Waals surface area contributed by atoms with Crippen LogP contribution in [-0.2, 0) is 35.1 Å². The number of aliphatic hydroxyl groups excluding tert-OH is 1. The van der Waals surface area contributed by atoms with Gasteiger partial charge < -0.3 is 35.6 Å². The van der Waals surface area contributed by atoms with Crippen LogP contribution in [0.5, 0.6) is 0 Å². The van der Waals surface area contributed by atoms with Crippen LogP contribution in [0.2, 0.25) is 0 Å². The maximum absolute atomic E-state index is 13.6. The van der Waals surface area contributed by atoms with E-state index in [-0.39, 0.29) is 43.9 Å².